The van der Waals surface area contributed by atoms with E-state index in [1.807, 2.05) is 27.2 Å². The van der Waals surface area contributed by atoms with Crippen LogP contribution in [0.1, 0.15) is 328 Å². The third-order valence-electron chi connectivity index (χ3n) is 15.6. The van der Waals surface area contributed by atoms with E-state index < -0.39 is 20.0 Å². The molecule has 0 aliphatic heterocycles. The van der Waals surface area contributed by atoms with Gasteiger partial charge in [-0.3, -0.25) is 13.8 Å². The highest BCUT2D eigenvalue weighted by atomic mass is 31.2. The molecular weight excluding hydrogens is 1020 g/mol. The van der Waals surface area contributed by atoms with Gasteiger partial charge in [0.2, 0.25) is 5.91 Å². The standard InChI is InChI=1S/C72H135N2O6P/c1-6-8-10-12-14-16-18-20-22-24-26-28-30-32-34-36-37-38-40-42-44-46-48-50-52-54-56-58-60-62-64-66-72(76)73-70(69-80-81(77,78)79-68-67-74(3,4)5)71(75)65-63-61-59-57-55-53-51-49-47-45-43-41-39-35-33-31-29-27-25-23-21-19-17-15-13-11-9-7-2/h18,20,24,26,30,32,47,49,55,57,63,65,70-71,75H,6-17,19,21-23,25,27-29,31,33-46,48,50-54,56,58-62,64,66-69H2,1-5H3,(H-,73,76,77,78)/p+1/b20-18-,26-24-,32-30-,49-47+,57-55+,65-63+. The minimum Gasteiger partial charge on any atom is -0.387 e. The van der Waals surface area contributed by atoms with Crippen molar-refractivity contribution in [3.63, 3.8) is 0 Å². The van der Waals surface area contributed by atoms with Crippen LogP contribution in [0.2, 0.25) is 0 Å². The van der Waals surface area contributed by atoms with Gasteiger partial charge in [-0.1, -0.05) is 311 Å². The maximum Gasteiger partial charge on any atom is 0.472 e. The van der Waals surface area contributed by atoms with Crippen molar-refractivity contribution < 1.29 is 32.9 Å². The first-order valence-electron chi connectivity index (χ1n) is 34.8. The zero-order valence-electron chi connectivity index (χ0n) is 54.3. The summed E-state index contributed by atoms with van der Waals surface area (Å²) >= 11 is 0. The lowest BCUT2D eigenvalue weighted by Gasteiger charge is -2.25. The molecule has 0 rings (SSSR count). The van der Waals surface area contributed by atoms with Crippen molar-refractivity contribution in [1.82, 2.24) is 5.32 Å². The van der Waals surface area contributed by atoms with Crippen molar-refractivity contribution in [2.45, 2.75) is 341 Å². The van der Waals surface area contributed by atoms with Crippen LogP contribution < -0.4 is 5.32 Å². The number of amides is 1. The van der Waals surface area contributed by atoms with E-state index in [0.29, 0.717) is 17.4 Å². The molecule has 3 atom stereocenters. The van der Waals surface area contributed by atoms with E-state index in [1.54, 1.807) is 6.08 Å². The minimum absolute atomic E-state index is 0.0522. The Kier molecular flexibility index (Phi) is 60.9. The number of nitrogens with one attached hydrogen (secondary N) is 1. The molecule has 0 aliphatic carbocycles. The molecule has 474 valence electrons. The number of aliphatic hydroxyl groups excluding tert-OH is 1. The van der Waals surface area contributed by atoms with Crippen LogP contribution in [0.5, 0.6) is 0 Å². The fourth-order valence-electron chi connectivity index (χ4n) is 10.2. The predicted molar refractivity (Wildman–Crippen MR) is 355 cm³/mol. The summed E-state index contributed by atoms with van der Waals surface area (Å²) in [5.74, 6) is -0.188. The molecule has 0 saturated heterocycles. The number of likely N-dealkylation sites (N-methyl/N-ethyl adjacent to an activating group) is 1. The number of carbonyl (C=O) groups excluding carboxylic acids is 1. The Morgan fingerprint density at radius 1 is 0.420 bits per heavy atom. The first kappa shape index (κ1) is 78.9. The monoisotopic (exact) mass is 1160 g/mol. The van der Waals surface area contributed by atoms with Crippen molar-refractivity contribution in [2.75, 3.05) is 40.9 Å². The highest BCUT2D eigenvalue weighted by molar-refractivity contribution is 7.47. The Labute approximate surface area is 504 Å². The van der Waals surface area contributed by atoms with Crippen molar-refractivity contribution in [1.29, 1.82) is 0 Å². The molecule has 0 aromatic rings. The molecule has 0 aliphatic rings. The third-order valence-corrected chi connectivity index (χ3v) is 16.6. The number of phosphoric ester groups is 1. The van der Waals surface area contributed by atoms with E-state index in [0.717, 1.165) is 57.8 Å². The smallest absolute Gasteiger partial charge is 0.387 e. The van der Waals surface area contributed by atoms with Crippen LogP contribution in [0, 0.1) is 0 Å². The molecule has 3 N–H and O–H groups in total. The van der Waals surface area contributed by atoms with Gasteiger partial charge < -0.3 is 19.8 Å². The van der Waals surface area contributed by atoms with Crippen LogP contribution in [0.4, 0.5) is 0 Å². The molecule has 0 bridgehead atoms. The number of quaternary nitrogens is 1. The molecular formula is C72H136N2O6P+. The Balaban J connectivity index is 4.14. The summed E-state index contributed by atoms with van der Waals surface area (Å²) in [7, 11) is 1.55. The zero-order valence-corrected chi connectivity index (χ0v) is 55.2. The summed E-state index contributed by atoms with van der Waals surface area (Å²) in [6.45, 7) is 4.81. The second-order valence-electron chi connectivity index (χ2n) is 24.9. The average molecular weight is 1160 g/mol. The summed E-state index contributed by atoms with van der Waals surface area (Å²) in [5.41, 5.74) is 0. The number of nitrogens with zero attached hydrogens (tertiary/aromatic N) is 1. The lowest BCUT2D eigenvalue weighted by molar-refractivity contribution is -0.870. The number of rotatable bonds is 64. The van der Waals surface area contributed by atoms with E-state index in [4.69, 9.17) is 9.05 Å². The summed E-state index contributed by atoms with van der Waals surface area (Å²) in [4.78, 5) is 23.4. The fraction of sp³-hybridized carbons (Fsp3) is 0.819. The maximum absolute atomic E-state index is 13.0. The zero-order chi connectivity index (χ0) is 59.1. The summed E-state index contributed by atoms with van der Waals surface area (Å²) in [5, 5.41) is 14.0. The molecule has 81 heavy (non-hydrogen) atoms. The van der Waals surface area contributed by atoms with E-state index in [-0.39, 0.29) is 19.1 Å². The molecule has 0 radical (unpaired) electrons. The Morgan fingerprint density at radius 2 is 0.716 bits per heavy atom. The Bertz CT molecular complexity index is 1550. The number of allylic oxidation sites excluding steroid dienone is 11. The van der Waals surface area contributed by atoms with E-state index in [2.05, 4.69) is 79.9 Å². The van der Waals surface area contributed by atoms with Crippen LogP contribution in [0.25, 0.3) is 0 Å². The second-order valence-corrected chi connectivity index (χ2v) is 26.3. The molecule has 8 nitrogen and oxygen atoms in total. The van der Waals surface area contributed by atoms with Crippen LogP contribution in [0.3, 0.4) is 0 Å². The molecule has 1 amide bonds. The van der Waals surface area contributed by atoms with Gasteiger partial charge in [-0.05, 0) is 83.5 Å². The van der Waals surface area contributed by atoms with Crippen molar-refractivity contribution >= 4 is 13.7 Å². The molecule has 9 heteroatoms. The predicted octanol–water partition coefficient (Wildman–Crippen LogP) is 22.2. The first-order chi connectivity index (χ1) is 39.5. The Hall–Kier alpha value is -2.06. The van der Waals surface area contributed by atoms with Crippen molar-refractivity contribution in [3.8, 4) is 0 Å². The summed E-state index contributed by atoms with van der Waals surface area (Å²) in [6, 6.07) is -0.874. The molecule has 0 spiro atoms. The van der Waals surface area contributed by atoms with Gasteiger partial charge >= 0.3 is 7.82 Å². The molecule has 0 fully saturated rings. The van der Waals surface area contributed by atoms with Gasteiger partial charge in [0.1, 0.15) is 13.2 Å². The van der Waals surface area contributed by atoms with Gasteiger partial charge in [-0.2, -0.15) is 0 Å². The van der Waals surface area contributed by atoms with Crippen molar-refractivity contribution in [3.05, 3.63) is 72.9 Å². The molecule has 0 aromatic carbocycles. The number of aliphatic hydroxyl groups is 1. The molecule has 0 aromatic heterocycles. The van der Waals surface area contributed by atoms with Gasteiger partial charge in [0.05, 0.1) is 39.9 Å². The second kappa shape index (κ2) is 62.5. The van der Waals surface area contributed by atoms with Crippen LogP contribution in [-0.4, -0.2) is 73.4 Å². The van der Waals surface area contributed by atoms with Gasteiger partial charge in [-0.15, -0.1) is 0 Å². The number of unbranched alkanes of at least 4 members (excludes halogenated alkanes) is 41. The lowest BCUT2D eigenvalue weighted by atomic mass is 10.0. The van der Waals surface area contributed by atoms with Gasteiger partial charge in [0, 0.05) is 6.42 Å². The number of phosphoric acid groups is 1. The minimum atomic E-state index is -4.37. The normalized spacial score (nSPS) is 14.1. The van der Waals surface area contributed by atoms with Crippen LogP contribution >= 0.6 is 7.82 Å². The first-order valence-corrected chi connectivity index (χ1v) is 36.3. The van der Waals surface area contributed by atoms with Crippen LogP contribution in [0.15, 0.2) is 72.9 Å². The fourth-order valence-corrected chi connectivity index (χ4v) is 10.9. The number of hydrogen-bond acceptors (Lipinski definition) is 5. The van der Waals surface area contributed by atoms with Gasteiger partial charge in [-0.25, -0.2) is 4.57 Å². The lowest BCUT2D eigenvalue weighted by Crippen LogP contribution is -2.45. The highest BCUT2D eigenvalue weighted by Crippen LogP contribution is 2.43. The van der Waals surface area contributed by atoms with E-state index in [1.165, 1.54) is 250 Å². The van der Waals surface area contributed by atoms with Gasteiger partial charge in [0.15, 0.2) is 0 Å². The average Bonchev–Trinajstić information content (AvgIpc) is 3.43. The quantitative estimate of drug-likeness (QED) is 0.0243. The van der Waals surface area contributed by atoms with Crippen LogP contribution in [-0.2, 0) is 18.4 Å². The molecule has 3 unspecified atom stereocenters. The number of hydrogen-bond donors (Lipinski definition) is 3. The third kappa shape index (κ3) is 65.3. The largest absolute Gasteiger partial charge is 0.472 e. The Morgan fingerprint density at radius 3 is 1.07 bits per heavy atom. The van der Waals surface area contributed by atoms with E-state index >= 15 is 0 Å². The summed E-state index contributed by atoms with van der Waals surface area (Å²) < 4.78 is 23.8. The SMILES string of the molecule is CCCCCCC/C=C\C/C=C\C/C=C\CCCCCCCCCCCCCCCCCCC(=O)NC(COP(=O)(O)OCC[N+](C)(C)C)C(O)/C=C/CC/C=C/CC/C=C/CCCCCCCCCCCCCCCCCCCC. The summed E-state index contributed by atoms with van der Waals surface area (Å²) in [6.07, 6.45) is 87.7. The maximum atomic E-state index is 13.0. The molecule has 0 heterocycles. The van der Waals surface area contributed by atoms with Gasteiger partial charge in [0.25, 0.3) is 0 Å². The van der Waals surface area contributed by atoms with Crippen molar-refractivity contribution in [2.24, 2.45) is 0 Å². The highest BCUT2D eigenvalue weighted by Gasteiger charge is 2.28. The van der Waals surface area contributed by atoms with E-state index in [9.17, 15) is 19.4 Å². The molecule has 0 saturated carbocycles. The number of carbonyl (C=O) groups is 1. The topological polar surface area (TPSA) is 105 Å².